The van der Waals surface area contributed by atoms with Gasteiger partial charge in [0.15, 0.2) is 5.17 Å². The number of carbonyl (C=O) groups is 1. The molecule has 0 atom stereocenters. The van der Waals surface area contributed by atoms with Gasteiger partial charge in [0.25, 0.3) is 5.91 Å². The lowest BCUT2D eigenvalue weighted by Crippen LogP contribution is -2.18. The number of benzene rings is 2. The Hall–Kier alpha value is -4.20. The van der Waals surface area contributed by atoms with E-state index in [0.29, 0.717) is 39.2 Å². The van der Waals surface area contributed by atoms with Crippen LogP contribution in [0.15, 0.2) is 71.2 Å². The van der Waals surface area contributed by atoms with E-state index in [9.17, 15) is 31.1 Å². The van der Waals surface area contributed by atoms with Crippen LogP contribution < -0.4 is 5.32 Å². The summed E-state index contributed by atoms with van der Waals surface area (Å²) in [4.78, 5) is 24.5. The number of aromatic nitrogens is 4. The van der Waals surface area contributed by atoms with Crippen molar-refractivity contribution >= 4 is 39.8 Å². The zero-order valence-electron chi connectivity index (χ0n) is 19.6. The number of rotatable bonds is 5. The predicted octanol–water partition coefficient (Wildman–Crippen LogP) is 5.67. The van der Waals surface area contributed by atoms with Gasteiger partial charge in [-0.2, -0.15) is 36.4 Å². The van der Waals surface area contributed by atoms with Gasteiger partial charge in [-0.1, -0.05) is 12.1 Å². The van der Waals surface area contributed by atoms with Crippen LogP contribution in [0, 0.1) is 0 Å². The molecular weight excluding hydrogens is 546 g/mol. The number of halogens is 6. The van der Waals surface area contributed by atoms with Crippen LogP contribution in [0.5, 0.6) is 0 Å². The number of hydrogen-bond acceptors (Lipinski definition) is 6. The Labute approximate surface area is 220 Å². The van der Waals surface area contributed by atoms with Gasteiger partial charge in [-0.05, 0) is 53.2 Å². The quantitative estimate of drug-likeness (QED) is 0.249. The molecule has 0 fully saturated rings. The standard InChI is InChI=1S/C25H16F6N6OS/c26-24(27,28)18-3-2-16(19(7-18)25(29,30)31)12-37-20-4-1-14(5-17(20)11-35-37)6-21-22(38)36-23(39-21)34-10-15-8-32-13-33-9-15/h1-9,11,13H,10,12H2,(H,34,36,38). The second-order valence-electron chi connectivity index (χ2n) is 8.42. The van der Waals surface area contributed by atoms with Gasteiger partial charge < -0.3 is 5.32 Å². The third kappa shape index (κ3) is 5.95. The smallest absolute Gasteiger partial charge is 0.360 e. The van der Waals surface area contributed by atoms with Gasteiger partial charge in [0, 0.05) is 29.9 Å². The molecule has 14 heteroatoms. The Balaban J connectivity index is 1.34. The summed E-state index contributed by atoms with van der Waals surface area (Å²) in [6.45, 7) is -0.00601. The molecule has 1 amide bonds. The van der Waals surface area contributed by atoms with E-state index in [4.69, 9.17) is 0 Å². The molecule has 7 nitrogen and oxygen atoms in total. The average Bonchev–Trinajstić information content (AvgIpc) is 3.44. The average molecular weight is 562 g/mol. The third-order valence-corrected chi connectivity index (χ3v) is 6.65. The Kier molecular flexibility index (Phi) is 6.89. The van der Waals surface area contributed by atoms with E-state index >= 15 is 0 Å². The van der Waals surface area contributed by atoms with Crippen molar-refractivity contribution in [3.63, 3.8) is 0 Å². The molecule has 0 radical (unpaired) electrons. The summed E-state index contributed by atoms with van der Waals surface area (Å²) in [6.07, 6.45) is -2.14. The van der Waals surface area contributed by atoms with Crippen molar-refractivity contribution in [1.82, 2.24) is 25.1 Å². The Bertz CT molecular complexity index is 1610. The zero-order chi connectivity index (χ0) is 27.8. The van der Waals surface area contributed by atoms with Crippen molar-refractivity contribution in [3.05, 3.63) is 94.0 Å². The van der Waals surface area contributed by atoms with E-state index in [0.717, 1.165) is 23.4 Å². The summed E-state index contributed by atoms with van der Waals surface area (Å²) in [5, 5.41) is 8.16. The number of thioether (sulfide) groups is 1. The summed E-state index contributed by atoms with van der Waals surface area (Å²) >= 11 is 1.15. The van der Waals surface area contributed by atoms with E-state index < -0.39 is 29.4 Å². The fraction of sp³-hybridized carbons (Fsp3) is 0.160. The highest BCUT2D eigenvalue weighted by Gasteiger charge is 2.38. The molecule has 200 valence electrons. The van der Waals surface area contributed by atoms with Crippen LogP contribution in [-0.4, -0.2) is 30.8 Å². The van der Waals surface area contributed by atoms with E-state index in [1.807, 2.05) is 0 Å². The first-order valence-corrected chi connectivity index (χ1v) is 12.0. The SMILES string of the molecule is O=C1N=C(NCc2cncnc2)SC1=Cc1ccc2c(cnn2Cc2ccc(C(F)(F)F)cc2C(F)(F)F)c1. The zero-order valence-corrected chi connectivity index (χ0v) is 20.4. The lowest BCUT2D eigenvalue weighted by Gasteiger charge is -2.16. The van der Waals surface area contributed by atoms with E-state index in [1.165, 1.54) is 17.2 Å². The highest BCUT2D eigenvalue weighted by molar-refractivity contribution is 8.18. The van der Waals surface area contributed by atoms with Gasteiger partial charge in [0.05, 0.1) is 34.3 Å². The molecule has 0 bridgehead atoms. The summed E-state index contributed by atoms with van der Waals surface area (Å²) in [5.41, 5.74) is -1.18. The Morgan fingerprint density at radius 1 is 0.949 bits per heavy atom. The minimum Gasteiger partial charge on any atom is -0.360 e. The molecule has 39 heavy (non-hydrogen) atoms. The van der Waals surface area contributed by atoms with Gasteiger partial charge in [0.2, 0.25) is 0 Å². The molecule has 2 aromatic heterocycles. The highest BCUT2D eigenvalue weighted by Crippen LogP contribution is 2.38. The number of carbonyl (C=O) groups excluding carboxylic acids is 1. The number of aliphatic imine (C=N–C) groups is 1. The van der Waals surface area contributed by atoms with Crippen molar-refractivity contribution in [3.8, 4) is 0 Å². The molecule has 0 spiro atoms. The van der Waals surface area contributed by atoms with Gasteiger partial charge in [0.1, 0.15) is 6.33 Å². The monoisotopic (exact) mass is 562 g/mol. The van der Waals surface area contributed by atoms with E-state index in [2.05, 4.69) is 25.4 Å². The fourth-order valence-corrected chi connectivity index (χ4v) is 4.68. The molecule has 3 heterocycles. The summed E-state index contributed by atoms with van der Waals surface area (Å²) in [6, 6.07) is 6.52. The predicted molar refractivity (Wildman–Crippen MR) is 132 cm³/mol. The van der Waals surface area contributed by atoms with Crippen molar-refractivity contribution in [2.75, 3.05) is 0 Å². The van der Waals surface area contributed by atoms with Crippen molar-refractivity contribution in [2.45, 2.75) is 25.4 Å². The first-order chi connectivity index (χ1) is 18.5. The highest BCUT2D eigenvalue weighted by atomic mass is 32.2. The molecule has 1 N–H and O–H groups in total. The van der Waals surface area contributed by atoms with Gasteiger partial charge in [-0.3, -0.25) is 9.48 Å². The number of amides is 1. The molecule has 0 saturated carbocycles. The second-order valence-corrected chi connectivity index (χ2v) is 9.45. The largest absolute Gasteiger partial charge is 0.416 e. The maximum absolute atomic E-state index is 13.5. The Morgan fingerprint density at radius 3 is 2.44 bits per heavy atom. The lowest BCUT2D eigenvalue weighted by atomic mass is 10.0. The number of nitrogens with zero attached hydrogens (tertiary/aromatic N) is 5. The van der Waals surface area contributed by atoms with E-state index in [-0.39, 0.29) is 18.2 Å². The molecule has 2 aromatic carbocycles. The maximum atomic E-state index is 13.5. The Morgan fingerprint density at radius 2 is 1.72 bits per heavy atom. The molecular formula is C25H16F6N6OS. The van der Waals surface area contributed by atoms with Crippen LogP contribution in [0.3, 0.4) is 0 Å². The minimum absolute atomic E-state index is 0.112. The van der Waals surface area contributed by atoms with Crippen molar-refractivity contribution in [2.24, 2.45) is 4.99 Å². The molecule has 0 aliphatic carbocycles. The minimum atomic E-state index is -4.98. The van der Waals surface area contributed by atoms with Crippen molar-refractivity contribution < 1.29 is 31.1 Å². The van der Waals surface area contributed by atoms with E-state index in [1.54, 1.807) is 36.7 Å². The molecule has 1 aliphatic heterocycles. The topological polar surface area (TPSA) is 85.1 Å². The first kappa shape index (κ1) is 26.4. The number of fused-ring (bicyclic) bond motifs is 1. The lowest BCUT2D eigenvalue weighted by molar-refractivity contribution is -0.143. The van der Waals surface area contributed by atoms with Crippen LogP contribution in [0.4, 0.5) is 26.3 Å². The summed E-state index contributed by atoms with van der Waals surface area (Å²) in [5.74, 6) is -0.426. The first-order valence-electron chi connectivity index (χ1n) is 11.2. The number of nitrogens with one attached hydrogen (secondary N) is 1. The van der Waals surface area contributed by atoms with Crippen LogP contribution >= 0.6 is 11.8 Å². The summed E-state index contributed by atoms with van der Waals surface area (Å²) in [7, 11) is 0. The van der Waals surface area contributed by atoms with Gasteiger partial charge in [-0.15, -0.1) is 0 Å². The molecule has 0 unspecified atom stereocenters. The normalized spacial score (nSPS) is 15.3. The molecule has 4 aromatic rings. The van der Waals surface area contributed by atoms with Gasteiger partial charge in [-0.25, -0.2) is 9.97 Å². The summed E-state index contributed by atoms with van der Waals surface area (Å²) < 4.78 is 80.9. The number of alkyl halides is 6. The van der Waals surface area contributed by atoms with Crippen LogP contribution in [-0.2, 0) is 30.2 Å². The molecule has 0 saturated heterocycles. The molecule has 5 rings (SSSR count). The second kappa shape index (κ2) is 10.2. The van der Waals surface area contributed by atoms with Gasteiger partial charge >= 0.3 is 12.4 Å². The maximum Gasteiger partial charge on any atom is 0.416 e. The molecule has 1 aliphatic rings. The number of hydrogen-bond donors (Lipinski definition) is 1. The third-order valence-electron chi connectivity index (χ3n) is 5.70. The van der Waals surface area contributed by atoms with Crippen LogP contribution in [0.1, 0.15) is 27.8 Å². The van der Waals surface area contributed by atoms with Crippen LogP contribution in [0.25, 0.3) is 17.0 Å². The fourth-order valence-electron chi connectivity index (χ4n) is 3.87. The van der Waals surface area contributed by atoms with Crippen LogP contribution in [0.2, 0.25) is 0 Å². The number of amidine groups is 1. The van der Waals surface area contributed by atoms with Crippen molar-refractivity contribution in [1.29, 1.82) is 0 Å².